The van der Waals surface area contributed by atoms with Crippen LogP contribution in [0.2, 0.25) is 5.02 Å². The van der Waals surface area contributed by atoms with Gasteiger partial charge in [0.2, 0.25) is 0 Å². The molecule has 0 aliphatic rings. The van der Waals surface area contributed by atoms with Crippen molar-refractivity contribution in [1.82, 2.24) is 5.32 Å². The average molecular weight is 473 g/mol. The van der Waals surface area contributed by atoms with Crippen LogP contribution in [0.4, 0.5) is 5.69 Å². The Morgan fingerprint density at radius 1 is 0.969 bits per heavy atom. The monoisotopic (exact) mass is 472 g/mol. The van der Waals surface area contributed by atoms with E-state index in [-0.39, 0.29) is 23.5 Å². The van der Waals surface area contributed by atoms with Crippen LogP contribution in [0.5, 0.6) is 5.75 Å². The third kappa shape index (κ3) is 7.28. The molecule has 0 aromatic heterocycles. The zero-order valence-electron chi connectivity index (χ0n) is 17.6. The van der Waals surface area contributed by atoms with Crippen LogP contribution in [-0.4, -0.2) is 27.0 Å². The van der Waals surface area contributed by atoms with Gasteiger partial charge in [-0.05, 0) is 73.9 Å². The maximum Gasteiger partial charge on any atom is 0.261 e. The molecule has 0 aliphatic carbocycles. The van der Waals surface area contributed by atoms with E-state index in [2.05, 4.69) is 22.2 Å². The lowest BCUT2D eigenvalue weighted by atomic mass is 10.1. The molecule has 0 heterocycles. The molecule has 1 amide bonds. The summed E-state index contributed by atoms with van der Waals surface area (Å²) in [5, 5.41) is 3.43. The van der Waals surface area contributed by atoms with Crippen LogP contribution in [-0.2, 0) is 21.2 Å². The topological polar surface area (TPSA) is 84.5 Å². The summed E-state index contributed by atoms with van der Waals surface area (Å²) in [6.07, 6.45) is 1.70. The summed E-state index contributed by atoms with van der Waals surface area (Å²) in [6.45, 7) is 1.80. The van der Waals surface area contributed by atoms with Crippen molar-refractivity contribution in [3.63, 3.8) is 0 Å². The highest BCUT2D eigenvalue weighted by Gasteiger charge is 2.15. The van der Waals surface area contributed by atoms with Crippen LogP contribution < -0.4 is 14.8 Å². The quantitative estimate of drug-likeness (QED) is 0.449. The summed E-state index contributed by atoms with van der Waals surface area (Å²) in [6, 6.07) is 22.4. The number of carbonyl (C=O) groups is 1. The summed E-state index contributed by atoms with van der Waals surface area (Å²) in [5.74, 6) is 0.175. The second-order valence-corrected chi connectivity index (χ2v) is 9.48. The van der Waals surface area contributed by atoms with E-state index in [1.807, 2.05) is 25.1 Å². The number of anilines is 1. The molecule has 3 rings (SSSR count). The highest BCUT2D eigenvalue weighted by Crippen LogP contribution is 2.20. The fourth-order valence-corrected chi connectivity index (χ4v) is 4.20. The molecule has 0 bridgehead atoms. The van der Waals surface area contributed by atoms with Crippen molar-refractivity contribution in [2.24, 2.45) is 0 Å². The first-order valence-corrected chi connectivity index (χ1v) is 12.0. The highest BCUT2D eigenvalue weighted by atomic mass is 35.5. The Labute approximate surface area is 193 Å². The van der Waals surface area contributed by atoms with Crippen LogP contribution in [0.3, 0.4) is 0 Å². The molecule has 0 saturated heterocycles. The van der Waals surface area contributed by atoms with Gasteiger partial charge in [0.05, 0.1) is 4.90 Å². The Kier molecular flexibility index (Phi) is 8.14. The van der Waals surface area contributed by atoms with Gasteiger partial charge in [-0.3, -0.25) is 9.52 Å². The minimum absolute atomic E-state index is 0.0118. The lowest BCUT2D eigenvalue weighted by Crippen LogP contribution is -2.36. The Morgan fingerprint density at radius 2 is 1.62 bits per heavy atom. The average Bonchev–Trinajstić information content (AvgIpc) is 2.79. The molecule has 0 fully saturated rings. The van der Waals surface area contributed by atoms with Gasteiger partial charge in [0.1, 0.15) is 5.75 Å². The molecule has 0 saturated carbocycles. The first-order chi connectivity index (χ1) is 15.3. The van der Waals surface area contributed by atoms with Crippen molar-refractivity contribution in [1.29, 1.82) is 0 Å². The highest BCUT2D eigenvalue weighted by molar-refractivity contribution is 7.92. The number of sulfonamides is 1. The number of aryl methyl sites for hydroxylation is 1. The molecule has 3 aromatic rings. The fraction of sp³-hybridized carbons (Fsp3) is 0.208. The molecule has 0 spiro atoms. The van der Waals surface area contributed by atoms with E-state index in [0.717, 1.165) is 12.8 Å². The van der Waals surface area contributed by atoms with Crippen molar-refractivity contribution in [2.75, 3.05) is 11.3 Å². The van der Waals surface area contributed by atoms with Gasteiger partial charge in [0.25, 0.3) is 15.9 Å². The normalized spacial score (nSPS) is 12.1. The number of rotatable bonds is 10. The Bertz CT molecular complexity index is 1120. The zero-order chi connectivity index (χ0) is 23.0. The van der Waals surface area contributed by atoms with E-state index in [1.165, 1.54) is 29.8 Å². The standard InChI is InChI=1S/C24H25ClN2O4S/c1-18(7-8-19-5-3-2-4-6-19)26-24(28)17-31-22-13-15-23(16-14-22)32(29,30)27-21-11-9-20(25)10-12-21/h2-6,9-16,18,27H,7-8,17H2,1H3,(H,26,28)/t18-/m1/s1. The van der Waals surface area contributed by atoms with Crippen LogP contribution >= 0.6 is 11.6 Å². The van der Waals surface area contributed by atoms with Crippen molar-refractivity contribution in [3.8, 4) is 5.75 Å². The van der Waals surface area contributed by atoms with E-state index in [4.69, 9.17) is 16.3 Å². The lowest BCUT2D eigenvalue weighted by Gasteiger charge is -2.14. The van der Waals surface area contributed by atoms with Gasteiger partial charge in [-0.25, -0.2) is 8.42 Å². The van der Waals surface area contributed by atoms with Crippen molar-refractivity contribution in [3.05, 3.63) is 89.4 Å². The number of amides is 1. The third-order valence-corrected chi connectivity index (χ3v) is 6.37. The summed E-state index contributed by atoms with van der Waals surface area (Å²) in [4.78, 5) is 12.2. The predicted molar refractivity (Wildman–Crippen MR) is 127 cm³/mol. The van der Waals surface area contributed by atoms with E-state index < -0.39 is 10.0 Å². The van der Waals surface area contributed by atoms with Gasteiger partial charge in [-0.2, -0.15) is 0 Å². The van der Waals surface area contributed by atoms with E-state index in [1.54, 1.807) is 24.3 Å². The molecule has 3 aromatic carbocycles. The molecule has 6 nitrogen and oxygen atoms in total. The van der Waals surface area contributed by atoms with Crippen LogP contribution in [0.25, 0.3) is 0 Å². The van der Waals surface area contributed by atoms with E-state index >= 15 is 0 Å². The molecular formula is C24H25ClN2O4S. The van der Waals surface area contributed by atoms with E-state index in [0.29, 0.717) is 16.5 Å². The van der Waals surface area contributed by atoms with Gasteiger partial charge in [0, 0.05) is 16.8 Å². The number of hydrogen-bond acceptors (Lipinski definition) is 4. The number of nitrogens with one attached hydrogen (secondary N) is 2. The van der Waals surface area contributed by atoms with Gasteiger partial charge in [-0.1, -0.05) is 41.9 Å². The maximum absolute atomic E-state index is 12.5. The molecular weight excluding hydrogens is 448 g/mol. The minimum Gasteiger partial charge on any atom is -0.484 e. The molecule has 0 unspecified atom stereocenters. The molecule has 0 aliphatic heterocycles. The number of benzene rings is 3. The summed E-state index contributed by atoms with van der Waals surface area (Å²) in [5.41, 5.74) is 1.64. The maximum atomic E-state index is 12.5. The molecule has 2 N–H and O–H groups in total. The molecule has 1 atom stereocenters. The van der Waals surface area contributed by atoms with Gasteiger partial charge >= 0.3 is 0 Å². The zero-order valence-corrected chi connectivity index (χ0v) is 19.2. The van der Waals surface area contributed by atoms with Crippen LogP contribution in [0, 0.1) is 0 Å². The lowest BCUT2D eigenvalue weighted by molar-refractivity contribution is -0.123. The van der Waals surface area contributed by atoms with Crippen molar-refractivity contribution in [2.45, 2.75) is 30.7 Å². The molecule has 32 heavy (non-hydrogen) atoms. The van der Waals surface area contributed by atoms with Gasteiger partial charge < -0.3 is 10.1 Å². The third-order valence-electron chi connectivity index (χ3n) is 4.72. The first-order valence-electron chi connectivity index (χ1n) is 10.2. The smallest absolute Gasteiger partial charge is 0.261 e. The first kappa shape index (κ1) is 23.6. The number of halogens is 1. The molecule has 8 heteroatoms. The summed E-state index contributed by atoms with van der Waals surface area (Å²) >= 11 is 5.82. The second kappa shape index (κ2) is 11.0. The minimum atomic E-state index is -3.75. The van der Waals surface area contributed by atoms with Crippen molar-refractivity contribution >= 4 is 33.2 Å². The summed E-state index contributed by atoms with van der Waals surface area (Å²) in [7, 11) is -3.75. The second-order valence-electron chi connectivity index (χ2n) is 7.37. The Morgan fingerprint density at radius 3 is 2.28 bits per heavy atom. The largest absolute Gasteiger partial charge is 0.484 e. The predicted octanol–water partition coefficient (Wildman–Crippen LogP) is 4.66. The molecule has 0 radical (unpaired) electrons. The Hall–Kier alpha value is -3.03. The van der Waals surface area contributed by atoms with Crippen molar-refractivity contribution < 1.29 is 17.9 Å². The number of carbonyl (C=O) groups excluding carboxylic acids is 1. The number of ether oxygens (including phenoxy) is 1. The van der Waals surface area contributed by atoms with Crippen LogP contribution in [0.15, 0.2) is 83.8 Å². The SMILES string of the molecule is C[C@H](CCc1ccccc1)NC(=O)COc1ccc(S(=O)(=O)Nc2ccc(Cl)cc2)cc1. The fourth-order valence-electron chi connectivity index (χ4n) is 3.01. The van der Waals surface area contributed by atoms with Crippen LogP contribution in [0.1, 0.15) is 18.9 Å². The van der Waals surface area contributed by atoms with Gasteiger partial charge in [-0.15, -0.1) is 0 Å². The Balaban J connectivity index is 1.46. The summed E-state index contributed by atoms with van der Waals surface area (Å²) < 4.78 is 33.0. The van der Waals surface area contributed by atoms with E-state index in [9.17, 15) is 13.2 Å². The molecule has 168 valence electrons. The number of hydrogen-bond donors (Lipinski definition) is 2. The van der Waals surface area contributed by atoms with Gasteiger partial charge in [0.15, 0.2) is 6.61 Å².